The molecule has 110 valence electrons. The van der Waals surface area contributed by atoms with Gasteiger partial charge in [-0.05, 0) is 56.4 Å². The smallest absolute Gasteiger partial charge is 0.237 e. The van der Waals surface area contributed by atoms with Gasteiger partial charge in [-0.25, -0.2) is 0 Å². The van der Waals surface area contributed by atoms with Crippen molar-refractivity contribution >= 4 is 23.3 Å². The molecule has 0 unspecified atom stereocenters. The van der Waals surface area contributed by atoms with Crippen molar-refractivity contribution in [1.29, 1.82) is 0 Å². The molecule has 2 aliphatic rings. The van der Waals surface area contributed by atoms with Gasteiger partial charge in [0, 0.05) is 5.56 Å². The van der Waals surface area contributed by atoms with Crippen molar-refractivity contribution < 1.29 is 14.4 Å². The number of carbonyl (C=O) groups is 3. The minimum atomic E-state index is -0.159. The van der Waals surface area contributed by atoms with Gasteiger partial charge in [0.25, 0.3) is 0 Å². The van der Waals surface area contributed by atoms with Crippen molar-refractivity contribution in [2.45, 2.75) is 33.1 Å². The van der Waals surface area contributed by atoms with Crippen molar-refractivity contribution in [3.05, 3.63) is 29.8 Å². The van der Waals surface area contributed by atoms with Crippen LogP contribution in [0.5, 0.6) is 0 Å². The number of benzene rings is 1. The molecule has 2 fully saturated rings. The summed E-state index contributed by atoms with van der Waals surface area (Å²) >= 11 is 0. The average molecular weight is 285 g/mol. The van der Waals surface area contributed by atoms with Crippen molar-refractivity contribution in [2.75, 3.05) is 4.90 Å². The minimum Gasteiger partial charge on any atom is -0.295 e. The number of ketones is 1. The highest BCUT2D eigenvalue weighted by Crippen LogP contribution is 2.42. The highest BCUT2D eigenvalue weighted by molar-refractivity contribution is 6.22. The van der Waals surface area contributed by atoms with E-state index in [1.165, 1.54) is 11.8 Å². The molecule has 0 N–H and O–H groups in total. The maximum atomic E-state index is 12.6. The molecule has 1 saturated heterocycles. The molecular formula is C17H19NO3. The van der Waals surface area contributed by atoms with E-state index in [0.717, 1.165) is 19.3 Å². The molecule has 2 amide bonds. The van der Waals surface area contributed by atoms with Crippen molar-refractivity contribution in [3.8, 4) is 0 Å². The SMILES string of the molecule is CC(=O)c1ccc(N2C(=O)[C@@H]3CC[C@@H](C)C[C@H]3C2=O)cc1. The molecule has 1 aliphatic carbocycles. The summed E-state index contributed by atoms with van der Waals surface area (Å²) in [6, 6.07) is 6.71. The minimum absolute atomic E-state index is 0.0249. The predicted octanol–water partition coefficient (Wildman–Crippen LogP) is 2.81. The Bertz CT molecular complexity index is 605. The summed E-state index contributed by atoms with van der Waals surface area (Å²) in [5.41, 5.74) is 1.17. The molecular weight excluding hydrogens is 266 g/mol. The van der Waals surface area contributed by atoms with Crippen LogP contribution >= 0.6 is 0 Å². The number of fused-ring (bicyclic) bond motifs is 1. The number of carbonyl (C=O) groups excluding carboxylic acids is 3. The van der Waals surface area contributed by atoms with E-state index in [2.05, 4.69) is 6.92 Å². The van der Waals surface area contributed by atoms with Gasteiger partial charge in [-0.2, -0.15) is 0 Å². The molecule has 4 heteroatoms. The van der Waals surface area contributed by atoms with Gasteiger partial charge in [-0.1, -0.05) is 6.92 Å². The zero-order chi connectivity index (χ0) is 15.1. The molecule has 1 aliphatic heterocycles. The summed E-state index contributed by atoms with van der Waals surface area (Å²) in [6.45, 7) is 3.63. The first-order valence-electron chi connectivity index (χ1n) is 7.48. The molecule has 0 aromatic heterocycles. The molecule has 0 spiro atoms. The Morgan fingerprint density at radius 1 is 1.05 bits per heavy atom. The highest BCUT2D eigenvalue weighted by atomic mass is 16.2. The van der Waals surface area contributed by atoms with E-state index in [0.29, 0.717) is 17.2 Å². The Labute approximate surface area is 124 Å². The average Bonchev–Trinajstić information content (AvgIpc) is 2.70. The summed E-state index contributed by atoms with van der Waals surface area (Å²) in [7, 11) is 0. The monoisotopic (exact) mass is 285 g/mol. The molecule has 21 heavy (non-hydrogen) atoms. The van der Waals surface area contributed by atoms with Crippen molar-refractivity contribution in [2.24, 2.45) is 17.8 Å². The standard InChI is InChI=1S/C17H19NO3/c1-10-3-8-14-15(9-10)17(21)18(16(14)20)13-6-4-12(5-7-13)11(2)19/h4-7,10,14-15H,3,8-9H2,1-2H3/t10-,14-,15-/m1/s1. The zero-order valence-electron chi connectivity index (χ0n) is 12.3. The Morgan fingerprint density at radius 3 is 2.29 bits per heavy atom. The summed E-state index contributed by atoms with van der Waals surface area (Å²) in [5, 5.41) is 0. The van der Waals surface area contributed by atoms with E-state index in [1.54, 1.807) is 24.3 Å². The van der Waals surface area contributed by atoms with Crippen LogP contribution in [0.2, 0.25) is 0 Å². The Balaban J connectivity index is 1.90. The lowest BCUT2D eigenvalue weighted by atomic mass is 9.76. The lowest BCUT2D eigenvalue weighted by Crippen LogP contribution is -2.30. The number of anilines is 1. The molecule has 0 bridgehead atoms. The number of nitrogens with zero attached hydrogens (tertiary/aromatic N) is 1. The van der Waals surface area contributed by atoms with E-state index in [4.69, 9.17) is 0 Å². The third kappa shape index (κ3) is 2.28. The number of Topliss-reactive ketones (excluding diaryl/α,β-unsaturated/α-hetero) is 1. The predicted molar refractivity (Wildman–Crippen MR) is 78.9 cm³/mol. The van der Waals surface area contributed by atoms with Crippen LogP contribution in [0.1, 0.15) is 43.5 Å². The normalized spacial score (nSPS) is 28.7. The second-order valence-electron chi connectivity index (χ2n) is 6.25. The van der Waals surface area contributed by atoms with Crippen LogP contribution in [0, 0.1) is 17.8 Å². The molecule has 0 radical (unpaired) electrons. The maximum absolute atomic E-state index is 12.6. The van der Waals surface area contributed by atoms with Gasteiger partial charge < -0.3 is 0 Å². The molecule has 3 rings (SSSR count). The highest BCUT2D eigenvalue weighted by Gasteiger charge is 2.49. The van der Waals surface area contributed by atoms with Gasteiger partial charge in [0.1, 0.15) is 0 Å². The van der Waals surface area contributed by atoms with Crippen LogP contribution in [0.25, 0.3) is 0 Å². The fourth-order valence-corrected chi connectivity index (χ4v) is 3.49. The van der Waals surface area contributed by atoms with Crippen LogP contribution < -0.4 is 4.90 Å². The number of hydrogen-bond acceptors (Lipinski definition) is 3. The van der Waals surface area contributed by atoms with Crippen LogP contribution in [-0.2, 0) is 9.59 Å². The number of rotatable bonds is 2. The van der Waals surface area contributed by atoms with Gasteiger partial charge in [0.05, 0.1) is 17.5 Å². The van der Waals surface area contributed by atoms with E-state index in [9.17, 15) is 14.4 Å². The van der Waals surface area contributed by atoms with Gasteiger partial charge in [0.2, 0.25) is 11.8 Å². The Kier molecular flexibility index (Phi) is 3.40. The van der Waals surface area contributed by atoms with E-state index in [1.807, 2.05) is 0 Å². The molecule has 1 aromatic rings. The van der Waals surface area contributed by atoms with E-state index in [-0.39, 0.29) is 29.4 Å². The van der Waals surface area contributed by atoms with Crippen molar-refractivity contribution in [3.63, 3.8) is 0 Å². The number of amides is 2. The summed E-state index contributed by atoms with van der Waals surface area (Å²) in [4.78, 5) is 37.7. The lowest BCUT2D eigenvalue weighted by Gasteiger charge is -2.25. The number of imide groups is 1. The molecule has 1 saturated carbocycles. The van der Waals surface area contributed by atoms with E-state index >= 15 is 0 Å². The van der Waals surface area contributed by atoms with Gasteiger partial charge in [-0.3, -0.25) is 19.3 Å². The van der Waals surface area contributed by atoms with Gasteiger partial charge in [0.15, 0.2) is 5.78 Å². The summed E-state index contributed by atoms with van der Waals surface area (Å²) in [5.74, 6) is 0.0145. The number of hydrogen-bond donors (Lipinski definition) is 0. The van der Waals surface area contributed by atoms with E-state index < -0.39 is 0 Å². The summed E-state index contributed by atoms with van der Waals surface area (Å²) in [6.07, 6.45) is 2.62. The van der Waals surface area contributed by atoms with Crippen LogP contribution in [0.3, 0.4) is 0 Å². The van der Waals surface area contributed by atoms with Crippen molar-refractivity contribution in [1.82, 2.24) is 0 Å². The first kappa shape index (κ1) is 14.0. The Morgan fingerprint density at radius 2 is 1.67 bits per heavy atom. The molecule has 3 atom stereocenters. The quantitative estimate of drug-likeness (QED) is 0.620. The van der Waals surface area contributed by atoms with Gasteiger partial charge >= 0.3 is 0 Å². The third-order valence-corrected chi connectivity index (χ3v) is 4.72. The largest absolute Gasteiger partial charge is 0.295 e. The Hall–Kier alpha value is -1.97. The fourth-order valence-electron chi connectivity index (χ4n) is 3.49. The third-order valence-electron chi connectivity index (χ3n) is 4.72. The topological polar surface area (TPSA) is 54.5 Å². The van der Waals surface area contributed by atoms with Gasteiger partial charge in [-0.15, -0.1) is 0 Å². The maximum Gasteiger partial charge on any atom is 0.237 e. The first-order valence-corrected chi connectivity index (χ1v) is 7.48. The molecule has 1 heterocycles. The second-order valence-corrected chi connectivity index (χ2v) is 6.25. The van der Waals surface area contributed by atoms with Crippen LogP contribution in [-0.4, -0.2) is 17.6 Å². The first-order chi connectivity index (χ1) is 9.99. The van der Waals surface area contributed by atoms with Crippen LogP contribution in [0.15, 0.2) is 24.3 Å². The zero-order valence-corrected chi connectivity index (χ0v) is 12.3. The lowest BCUT2D eigenvalue weighted by molar-refractivity contribution is -0.122. The fraction of sp³-hybridized carbons (Fsp3) is 0.471. The molecule has 1 aromatic carbocycles. The van der Waals surface area contributed by atoms with Crippen LogP contribution in [0.4, 0.5) is 5.69 Å². The molecule has 4 nitrogen and oxygen atoms in total. The summed E-state index contributed by atoms with van der Waals surface area (Å²) < 4.78 is 0. The second kappa shape index (κ2) is 5.10.